The van der Waals surface area contributed by atoms with Crippen molar-refractivity contribution in [3.05, 3.63) is 48.0 Å². The molecule has 2 aliphatic heterocycles. The van der Waals surface area contributed by atoms with Gasteiger partial charge in [-0.2, -0.15) is 0 Å². The maximum Gasteiger partial charge on any atom is 0.573 e. The summed E-state index contributed by atoms with van der Waals surface area (Å²) in [6.45, 7) is 0.0806. The number of alkyl halides is 3. The minimum absolute atomic E-state index is 0.0138. The summed E-state index contributed by atoms with van der Waals surface area (Å²) in [5, 5.41) is 4.91. The van der Waals surface area contributed by atoms with E-state index in [1.807, 2.05) is 0 Å². The van der Waals surface area contributed by atoms with Gasteiger partial charge in [0.05, 0.1) is 13.0 Å². The van der Waals surface area contributed by atoms with E-state index in [-0.39, 0.29) is 25.4 Å². The third-order valence-electron chi connectivity index (χ3n) is 4.65. The molecule has 2 aromatic rings. The molecule has 32 heavy (non-hydrogen) atoms. The lowest BCUT2D eigenvalue weighted by atomic mass is 10.1. The van der Waals surface area contributed by atoms with E-state index in [9.17, 15) is 27.6 Å². The summed E-state index contributed by atoms with van der Waals surface area (Å²) in [7, 11) is 0. The normalized spacial score (nSPS) is 17.3. The second-order valence-corrected chi connectivity index (χ2v) is 6.94. The fourth-order valence-corrected chi connectivity index (χ4v) is 3.22. The molecule has 1 atom stereocenters. The van der Waals surface area contributed by atoms with Crippen molar-refractivity contribution in [1.29, 1.82) is 0 Å². The van der Waals surface area contributed by atoms with Crippen LogP contribution in [0.3, 0.4) is 0 Å². The Bertz CT molecular complexity index is 1060. The van der Waals surface area contributed by atoms with Gasteiger partial charge in [0.2, 0.25) is 12.7 Å². The van der Waals surface area contributed by atoms with E-state index in [4.69, 9.17) is 9.47 Å². The van der Waals surface area contributed by atoms with Crippen LogP contribution in [0, 0.1) is 0 Å². The monoisotopic (exact) mass is 451 g/mol. The van der Waals surface area contributed by atoms with Crippen LogP contribution < -0.4 is 24.8 Å². The lowest BCUT2D eigenvalue weighted by molar-refractivity contribution is -0.274. The highest BCUT2D eigenvalue weighted by Crippen LogP contribution is 2.33. The van der Waals surface area contributed by atoms with Gasteiger partial charge >= 0.3 is 12.4 Å². The largest absolute Gasteiger partial charge is 0.573 e. The number of amides is 4. The fraction of sp³-hybridized carbons (Fsp3) is 0.250. The molecule has 2 aliphatic rings. The minimum atomic E-state index is -4.82. The Morgan fingerprint density at radius 1 is 1.12 bits per heavy atom. The highest BCUT2D eigenvalue weighted by Gasteiger charge is 2.39. The Labute approximate surface area is 179 Å². The number of anilines is 1. The van der Waals surface area contributed by atoms with Gasteiger partial charge in [0.15, 0.2) is 11.5 Å². The molecule has 0 bridgehead atoms. The van der Waals surface area contributed by atoms with Crippen LogP contribution in [0.4, 0.5) is 23.7 Å². The van der Waals surface area contributed by atoms with Gasteiger partial charge in [0.1, 0.15) is 11.8 Å². The van der Waals surface area contributed by atoms with E-state index < -0.39 is 36.0 Å². The Kier molecular flexibility index (Phi) is 5.51. The summed E-state index contributed by atoms with van der Waals surface area (Å²) in [6, 6.07) is 7.85. The minimum Gasteiger partial charge on any atom is -0.454 e. The number of hydrogen-bond acceptors (Lipinski definition) is 6. The van der Waals surface area contributed by atoms with Crippen LogP contribution in [0.25, 0.3) is 0 Å². The number of rotatable bonds is 6. The molecular weight excluding hydrogens is 435 g/mol. The zero-order valence-corrected chi connectivity index (χ0v) is 16.3. The van der Waals surface area contributed by atoms with Crippen LogP contribution in [-0.4, -0.2) is 41.9 Å². The van der Waals surface area contributed by atoms with Crippen molar-refractivity contribution < 1.29 is 41.8 Å². The van der Waals surface area contributed by atoms with Gasteiger partial charge in [0.25, 0.3) is 5.91 Å². The van der Waals surface area contributed by atoms with Gasteiger partial charge in [-0.3, -0.25) is 14.5 Å². The Balaban J connectivity index is 1.33. The first-order valence-electron chi connectivity index (χ1n) is 9.34. The number of nitrogens with one attached hydrogen (secondary N) is 2. The second kappa shape index (κ2) is 8.29. The van der Waals surface area contributed by atoms with E-state index in [1.165, 1.54) is 12.1 Å². The van der Waals surface area contributed by atoms with Crippen LogP contribution in [0.1, 0.15) is 12.0 Å². The highest BCUT2D eigenvalue weighted by molar-refractivity contribution is 6.06. The molecule has 9 nitrogen and oxygen atoms in total. The van der Waals surface area contributed by atoms with E-state index >= 15 is 0 Å². The topological polar surface area (TPSA) is 106 Å². The second-order valence-electron chi connectivity index (χ2n) is 6.94. The third kappa shape index (κ3) is 4.85. The lowest BCUT2D eigenvalue weighted by Gasteiger charge is -2.13. The van der Waals surface area contributed by atoms with Crippen molar-refractivity contribution in [2.75, 3.05) is 12.1 Å². The number of halogens is 3. The molecule has 2 N–H and O–H groups in total. The summed E-state index contributed by atoms with van der Waals surface area (Å²) in [4.78, 5) is 38.1. The number of ether oxygens (including phenoxy) is 3. The van der Waals surface area contributed by atoms with Gasteiger partial charge in [0, 0.05) is 5.69 Å². The molecule has 0 unspecified atom stereocenters. The predicted octanol–water partition coefficient (Wildman–Crippen LogP) is 2.76. The summed E-state index contributed by atoms with van der Waals surface area (Å²) in [6.07, 6.45) is -5.17. The van der Waals surface area contributed by atoms with Crippen molar-refractivity contribution in [2.24, 2.45) is 0 Å². The van der Waals surface area contributed by atoms with Crippen molar-refractivity contribution in [2.45, 2.75) is 25.4 Å². The molecule has 4 rings (SSSR count). The molecule has 168 valence electrons. The number of benzene rings is 2. The standard InChI is InChI=1S/C20H16F3N3O6/c21-20(22,23)32-13-4-2-12(3-5-13)24-17(27)8-14-18(28)26(19(29)25-14)9-11-1-6-15-16(7-11)31-10-30-15/h1-7,14H,8-10H2,(H,24,27)(H,25,29)/t14-/m0/s1. The molecule has 0 aromatic heterocycles. The molecular formula is C20H16F3N3O6. The number of hydrogen-bond donors (Lipinski definition) is 2. The number of nitrogens with zero attached hydrogens (tertiary/aromatic N) is 1. The maximum atomic E-state index is 12.6. The highest BCUT2D eigenvalue weighted by atomic mass is 19.4. The molecule has 12 heteroatoms. The molecule has 1 saturated heterocycles. The Morgan fingerprint density at radius 2 is 1.84 bits per heavy atom. The van der Waals surface area contributed by atoms with E-state index in [0.717, 1.165) is 17.0 Å². The molecule has 0 spiro atoms. The molecule has 0 saturated carbocycles. The number of fused-ring (bicyclic) bond motifs is 1. The van der Waals surface area contributed by atoms with Crippen molar-refractivity contribution >= 4 is 23.5 Å². The van der Waals surface area contributed by atoms with E-state index in [0.29, 0.717) is 17.1 Å². The number of carbonyl (C=O) groups excluding carboxylic acids is 3. The van der Waals surface area contributed by atoms with Gasteiger partial charge in [-0.1, -0.05) is 6.07 Å². The SMILES string of the molecule is O=C(C[C@@H]1NC(=O)N(Cc2ccc3c(c2)OCO3)C1=O)Nc1ccc(OC(F)(F)F)cc1. The molecule has 0 radical (unpaired) electrons. The third-order valence-corrected chi connectivity index (χ3v) is 4.65. The molecule has 0 aliphatic carbocycles. The van der Waals surface area contributed by atoms with Crippen LogP contribution >= 0.6 is 0 Å². The van der Waals surface area contributed by atoms with Gasteiger partial charge in [-0.15, -0.1) is 13.2 Å². The average molecular weight is 451 g/mol. The van der Waals surface area contributed by atoms with Gasteiger partial charge in [-0.25, -0.2) is 4.79 Å². The van der Waals surface area contributed by atoms with Crippen LogP contribution in [0.15, 0.2) is 42.5 Å². The zero-order valence-electron chi connectivity index (χ0n) is 16.3. The van der Waals surface area contributed by atoms with Crippen molar-refractivity contribution in [3.63, 3.8) is 0 Å². The molecule has 2 aromatic carbocycles. The van der Waals surface area contributed by atoms with Crippen LogP contribution in [0.2, 0.25) is 0 Å². The van der Waals surface area contributed by atoms with Crippen molar-refractivity contribution in [1.82, 2.24) is 10.2 Å². The zero-order chi connectivity index (χ0) is 22.9. The quantitative estimate of drug-likeness (QED) is 0.655. The summed E-state index contributed by atoms with van der Waals surface area (Å²) < 4.78 is 50.9. The smallest absolute Gasteiger partial charge is 0.454 e. The molecule has 1 fully saturated rings. The Hall–Kier alpha value is -3.96. The summed E-state index contributed by atoms with van der Waals surface area (Å²) in [5.41, 5.74) is 0.850. The summed E-state index contributed by atoms with van der Waals surface area (Å²) >= 11 is 0. The average Bonchev–Trinajstić information content (AvgIpc) is 3.28. The van der Waals surface area contributed by atoms with E-state index in [1.54, 1.807) is 18.2 Å². The first-order valence-corrected chi connectivity index (χ1v) is 9.34. The summed E-state index contributed by atoms with van der Waals surface area (Å²) in [5.74, 6) is -0.529. The first-order chi connectivity index (χ1) is 15.2. The van der Waals surface area contributed by atoms with Gasteiger partial charge < -0.3 is 24.8 Å². The van der Waals surface area contributed by atoms with Crippen molar-refractivity contribution in [3.8, 4) is 17.2 Å². The predicted molar refractivity (Wildman–Crippen MR) is 102 cm³/mol. The van der Waals surface area contributed by atoms with E-state index in [2.05, 4.69) is 15.4 Å². The number of imide groups is 1. The van der Waals surface area contributed by atoms with Crippen LogP contribution in [0.5, 0.6) is 17.2 Å². The molecule has 2 heterocycles. The Morgan fingerprint density at radius 3 is 2.56 bits per heavy atom. The van der Waals surface area contributed by atoms with Crippen LogP contribution in [-0.2, 0) is 16.1 Å². The maximum absolute atomic E-state index is 12.6. The lowest BCUT2D eigenvalue weighted by Crippen LogP contribution is -2.34. The fourth-order valence-electron chi connectivity index (χ4n) is 3.22. The molecule has 4 amide bonds. The first kappa shape index (κ1) is 21.3. The number of carbonyl (C=O) groups is 3. The van der Waals surface area contributed by atoms with Gasteiger partial charge in [-0.05, 0) is 42.0 Å². The number of urea groups is 1.